The van der Waals surface area contributed by atoms with Gasteiger partial charge in [-0.05, 0) is 31.6 Å². The Bertz CT molecular complexity index is 329. The van der Waals surface area contributed by atoms with E-state index in [1.807, 2.05) is 0 Å². The van der Waals surface area contributed by atoms with Gasteiger partial charge in [-0.3, -0.25) is 4.79 Å². The number of ether oxygens (including phenoxy) is 1. The monoisotopic (exact) mass is 270 g/mol. The molecule has 108 valence electrons. The zero-order valence-electron chi connectivity index (χ0n) is 11.1. The fraction of sp³-hybridized carbons (Fsp3) is 0.846. The summed E-state index contributed by atoms with van der Waals surface area (Å²) in [7, 11) is 0. The molecule has 0 aromatic carbocycles. The SMILES string of the molecule is O=C(O)CC1CCCN1C(=O)NCC1CCOCC1. The summed E-state index contributed by atoms with van der Waals surface area (Å²) in [5.41, 5.74) is 0. The van der Waals surface area contributed by atoms with Crippen LogP contribution in [-0.4, -0.2) is 54.4 Å². The van der Waals surface area contributed by atoms with Gasteiger partial charge in [-0.1, -0.05) is 0 Å². The van der Waals surface area contributed by atoms with Gasteiger partial charge in [0.25, 0.3) is 0 Å². The standard InChI is InChI=1S/C13H22N2O4/c16-12(17)8-11-2-1-5-15(11)13(18)14-9-10-3-6-19-7-4-10/h10-11H,1-9H2,(H,14,18)(H,16,17). The van der Waals surface area contributed by atoms with E-state index in [1.165, 1.54) is 0 Å². The highest BCUT2D eigenvalue weighted by Crippen LogP contribution is 2.20. The number of likely N-dealkylation sites (tertiary alicyclic amines) is 1. The topological polar surface area (TPSA) is 78.9 Å². The second-order valence-corrected chi connectivity index (χ2v) is 5.33. The van der Waals surface area contributed by atoms with Gasteiger partial charge >= 0.3 is 12.0 Å². The van der Waals surface area contributed by atoms with E-state index in [-0.39, 0.29) is 18.5 Å². The van der Waals surface area contributed by atoms with Crippen LogP contribution in [0.5, 0.6) is 0 Å². The largest absolute Gasteiger partial charge is 0.481 e. The van der Waals surface area contributed by atoms with Crippen LogP contribution in [0, 0.1) is 5.92 Å². The van der Waals surface area contributed by atoms with Gasteiger partial charge in [-0.15, -0.1) is 0 Å². The van der Waals surface area contributed by atoms with Crippen molar-refractivity contribution in [1.82, 2.24) is 10.2 Å². The highest BCUT2D eigenvalue weighted by molar-refractivity contribution is 5.76. The zero-order valence-corrected chi connectivity index (χ0v) is 11.1. The Labute approximate surface area is 113 Å². The normalized spacial score (nSPS) is 24.4. The smallest absolute Gasteiger partial charge is 0.317 e. The summed E-state index contributed by atoms with van der Waals surface area (Å²) in [5, 5.41) is 11.8. The van der Waals surface area contributed by atoms with E-state index in [0.717, 1.165) is 38.9 Å². The van der Waals surface area contributed by atoms with Crippen molar-refractivity contribution >= 4 is 12.0 Å². The molecule has 1 atom stereocenters. The van der Waals surface area contributed by atoms with Crippen molar-refractivity contribution in [2.45, 2.75) is 38.1 Å². The first-order valence-electron chi connectivity index (χ1n) is 7.01. The second kappa shape index (κ2) is 6.75. The molecule has 1 unspecified atom stereocenters. The molecule has 0 bridgehead atoms. The van der Waals surface area contributed by atoms with E-state index in [1.54, 1.807) is 4.90 Å². The number of carboxylic acid groups (broad SMARTS) is 1. The van der Waals surface area contributed by atoms with E-state index < -0.39 is 5.97 Å². The molecule has 2 N–H and O–H groups in total. The number of nitrogens with one attached hydrogen (secondary N) is 1. The minimum atomic E-state index is -0.839. The molecule has 6 heteroatoms. The molecule has 2 aliphatic heterocycles. The van der Waals surface area contributed by atoms with Crippen LogP contribution in [0.1, 0.15) is 32.1 Å². The van der Waals surface area contributed by atoms with Crippen LogP contribution in [0.15, 0.2) is 0 Å². The predicted molar refractivity (Wildman–Crippen MR) is 68.9 cm³/mol. The number of amides is 2. The second-order valence-electron chi connectivity index (χ2n) is 5.33. The van der Waals surface area contributed by atoms with E-state index in [4.69, 9.17) is 9.84 Å². The van der Waals surface area contributed by atoms with E-state index >= 15 is 0 Å². The van der Waals surface area contributed by atoms with Crippen molar-refractivity contribution in [1.29, 1.82) is 0 Å². The number of carbonyl (C=O) groups excluding carboxylic acids is 1. The molecule has 2 saturated heterocycles. The van der Waals surface area contributed by atoms with Crippen molar-refractivity contribution in [3.8, 4) is 0 Å². The molecule has 0 aromatic rings. The number of rotatable bonds is 4. The van der Waals surface area contributed by atoms with Crippen molar-refractivity contribution in [2.24, 2.45) is 5.92 Å². The lowest BCUT2D eigenvalue weighted by Gasteiger charge is -2.26. The fourth-order valence-corrected chi connectivity index (χ4v) is 2.80. The Hall–Kier alpha value is -1.30. The Morgan fingerprint density at radius 1 is 1.26 bits per heavy atom. The van der Waals surface area contributed by atoms with Crippen LogP contribution in [0.4, 0.5) is 4.79 Å². The zero-order chi connectivity index (χ0) is 13.7. The Kier molecular flexibility index (Phi) is 5.01. The molecule has 0 radical (unpaired) electrons. The van der Waals surface area contributed by atoms with Gasteiger partial charge in [0.1, 0.15) is 0 Å². The third kappa shape index (κ3) is 4.09. The van der Waals surface area contributed by atoms with Crippen LogP contribution in [0.25, 0.3) is 0 Å². The highest BCUT2D eigenvalue weighted by atomic mass is 16.5. The van der Waals surface area contributed by atoms with Gasteiger partial charge < -0.3 is 20.1 Å². The predicted octanol–water partition coefficient (Wildman–Crippen LogP) is 1.06. The number of hydrogen-bond acceptors (Lipinski definition) is 3. The van der Waals surface area contributed by atoms with Crippen LogP contribution >= 0.6 is 0 Å². The number of aliphatic carboxylic acids is 1. The Balaban J connectivity index is 1.76. The fourth-order valence-electron chi connectivity index (χ4n) is 2.80. The van der Waals surface area contributed by atoms with Crippen molar-refractivity contribution in [2.75, 3.05) is 26.3 Å². The maximum absolute atomic E-state index is 12.1. The molecular weight excluding hydrogens is 248 g/mol. The van der Waals surface area contributed by atoms with Crippen LogP contribution in [0.2, 0.25) is 0 Å². The van der Waals surface area contributed by atoms with Gasteiger partial charge in [0, 0.05) is 32.3 Å². The molecule has 19 heavy (non-hydrogen) atoms. The first kappa shape index (κ1) is 14.1. The lowest BCUT2D eigenvalue weighted by molar-refractivity contribution is -0.137. The van der Waals surface area contributed by atoms with Gasteiger partial charge in [-0.2, -0.15) is 0 Å². The molecule has 2 amide bonds. The molecule has 0 spiro atoms. The number of carbonyl (C=O) groups is 2. The molecule has 0 aliphatic carbocycles. The maximum Gasteiger partial charge on any atom is 0.317 e. The minimum Gasteiger partial charge on any atom is -0.481 e. The van der Waals surface area contributed by atoms with Crippen molar-refractivity contribution in [3.63, 3.8) is 0 Å². The molecule has 6 nitrogen and oxygen atoms in total. The highest BCUT2D eigenvalue weighted by Gasteiger charge is 2.30. The molecule has 0 aromatic heterocycles. The molecule has 2 rings (SSSR count). The van der Waals surface area contributed by atoms with E-state index in [9.17, 15) is 9.59 Å². The van der Waals surface area contributed by atoms with Crippen molar-refractivity contribution < 1.29 is 19.4 Å². The summed E-state index contributed by atoms with van der Waals surface area (Å²) >= 11 is 0. The number of carboxylic acids is 1. The van der Waals surface area contributed by atoms with Crippen LogP contribution in [0.3, 0.4) is 0 Å². The van der Waals surface area contributed by atoms with Crippen LogP contribution < -0.4 is 5.32 Å². The molecule has 2 fully saturated rings. The van der Waals surface area contributed by atoms with Crippen LogP contribution in [-0.2, 0) is 9.53 Å². The summed E-state index contributed by atoms with van der Waals surface area (Å²) in [6, 6.07) is -0.262. The Morgan fingerprint density at radius 2 is 2.00 bits per heavy atom. The quantitative estimate of drug-likeness (QED) is 0.800. The van der Waals surface area contributed by atoms with Gasteiger partial charge in [0.2, 0.25) is 0 Å². The lowest BCUT2D eigenvalue weighted by atomic mass is 10.0. The van der Waals surface area contributed by atoms with E-state index in [2.05, 4.69) is 5.32 Å². The molecular formula is C13H22N2O4. The maximum atomic E-state index is 12.1. The number of nitrogens with zero attached hydrogens (tertiary/aromatic N) is 1. The average Bonchev–Trinajstić information content (AvgIpc) is 2.84. The summed E-state index contributed by atoms with van der Waals surface area (Å²) in [6.07, 6.45) is 3.70. The first-order chi connectivity index (χ1) is 9.16. The third-order valence-electron chi connectivity index (χ3n) is 3.93. The van der Waals surface area contributed by atoms with Gasteiger partial charge in [-0.25, -0.2) is 4.79 Å². The van der Waals surface area contributed by atoms with Crippen molar-refractivity contribution in [3.05, 3.63) is 0 Å². The molecule has 0 saturated carbocycles. The Morgan fingerprint density at radius 3 is 2.68 bits per heavy atom. The van der Waals surface area contributed by atoms with Gasteiger partial charge in [0.15, 0.2) is 0 Å². The van der Waals surface area contributed by atoms with E-state index in [0.29, 0.717) is 19.0 Å². The molecule has 2 aliphatic rings. The minimum absolute atomic E-state index is 0.0463. The summed E-state index contributed by atoms with van der Waals surface area (Å²) < 4.78 is 5.28. The lowest BCUT2D eigenvalue weighted by Crippen LogP contribution is -2.45. The number of hydrogen-bond donors (Lipinski definition) is 2. The van der Waals surface area contributed by atoms with Gasteiger partial charge in [0.05, 0.1) is 6.42 Å². The summed E-state index contributed by atoms with van der Waals surface area (Å²) in [6.45, 7) is 2.87. The third-order valence-corrected chi connectivity index (χ3v) is 3.93. The molecule has 2 heterocycles. The summed E-state index contributed by atoms with van der Waals surface area (Å²) in [4.78, 5) is 24.5. The number of urea groups is 1. The summed E-state index contributed by atoms with van der Waals surface area (Å²) in [5.74, 6) is -0.354. The average molecular weight is 270 g/mol. The first-order valence-corrected chi connectivity index (χ1v) is 7.01.